The summed E-state index contributed by atoms with van der Waals surface area (Å²) < 4.78 is 0. The van der Waals surface area contributed by atoms with E-state index in [-0.39, 0.29) is 0 Å². The molecule has 0 saturated carbocycles. The van der Waals surface area contributed by atoms with Crippen molar-refractivity contribution in [2.75, 3.05) is 6.54 Å². The van der Waals surface area contributed by atoms with E-state index in [0.717, 1.165) is 12.5 Å². The highest BCUT2D eigenvalue weighted by Gasteiger charge is 1.83. The second kappa shape index (κ2) is 6.69. The molecule has 2 N–H and O–H groups in total. The summed E-state index contributed by atoms with van der Waals surface area (Å²) in [5.41, 5.74) is 0. The van der Waals surface area contributed by atoms with Crippen LogP contribution in [0.4, 0.5) is 0 Å². The third-order valence-electron chi connectivity index (χ3n) is 0.986. The average molecular weight is 153 g/mol. The quantitative estimate of drug-likeness (QED) is 0.345. The fraction of sp³-hybridized carbons (Fsp3) is 0.375. The first-order valence-electron chi connectivity index (χ1n) is 3.33. The van der Waals surface area contributed by atoms with Crippen molar-refractivity contribution < 1.29 is 9.90 Å². The molecule has 0 aromatic rings. The van der Waals surface area contributed by atoms with Gasteiger partial charge in [0.2, 0.25) is 0 Å². The molecule has 3 heteroatoms. The molecule has 60 valence electrons. The molecule has 0 heterocycles. The van der Waals surface area contributed by atoms with Crippen LogP contribution in [0.3, 0.4) is 0 Å². The lowest BCUT2D eigenvalue weighted by Gasteiger charge is -1.94. The highest BCUT2D eigenvalue weighted by molar-refractivity contribution is 5.79. The molecular weight excluding hydrogens is 142 g/mol. The molecule has 0 aliphatic carbocycles. The van der Waals surface area contributed by atoms with Gasteiger partial charge in [0.15, 0.2) is 0 Å². The van der Waals surface area contributed by atoms with E-state index in [1.807, 2.05) is 0 Å². The Labute approximate surface area is 66.1 Å². The van der Waals surface area contributed by atoms with Crippen LogP contribution in [0.1, 0.15) is 12.8 Å². The molecule has 0 fully saturated rings. The van der Waals surface area contributed by atoms with Gasteiger partial charge in [0.05, 0.1) is 0 Å². The monoisotopic (exact) mass is 153 g/mol. The minimum Gasteiger partial charge on any atom is -0.478 e. The van der Waals surface area contributed by atoms with Crippen molar-refractivity contribution in [2.24, 2.45) is 0 Å². The van der Waals surface area contributed by atoms with E-state index in [4.69, 9.17) is 11.5 Å². The summed E-state index contributed by atoms with van der Waals surface area (Å²) >= 11 is 0. The molecule has 0 aromatic heterocycles. The van der Waals surface area contributed by atoms with Crippen LogP contribution in [-0.4, -0.2) is 17.6 Å². The Morgan fingerprint density at radius 2 is 2.45 bits per heavy atom. The maximum atomic E-state index is 9.93. The molecule has 3 nitrogen and oxygen atoms in total. The summed E-state index contributed by atoms with van der Waals surface area (Å²) in [6.07, 6.45) is 9.03. The van der Waals surface area contributed by atoms with Crippen molar-refractivity contribution in [3.63, 3.8) is 0 Å². The molecule has 0 amide bonds. The van der Waals surface area contributed by atoms with E-state index in [2.05, 4.69) is 11.2 Å². The number of carbonyl (C=O) groups is 1. The fourth-order valence-corrected chi connectivity index (χ4v) is 0.506. The van der Waals surface area contributed by atoms with Crippen LogP contribution < -0.4 is 5.32 Å². The maximum Gasteiger partial charge on any atom is 0.329 e. The van der Waals surface area contributed by atoms with Crippen LogP contribution in [0.5, 0.6) is 0 Å². The molecule has 0 unspecified atom stereocenters. The lowest BCUT2D eigenvalue weighted by molar-refractivity contribution is -0.131. The van der Waals surface area contributed by atoms with Crippen molar-refractivity contribution in [2.45, 2.75) is 12.8 Å². The van der Waals surface area contributed by atoms with Crippen LogP contribution in [0, 0.1) is 12.3 Å². The van der Waals surface area contributed by atoms with Gasteiger partial charge in [-0.2, -0.15) is 0 Å². The van der Waals surface area contributed by atoms with Crippen molar-refractivity contribution in [1.82, 2.24) is 5.32 Å². The Morgan fingerprint density at radius 3 is 3.00 bits per heavy atom. The lowest BCUT2D eigenvalue weighted by Crippen LogP contribution is -2.07. The molecule has 0 saturated heterocycles. The van der Waals surface area contributed by atoms with Gasteiger partial charge in [0, 0.05) is 25.2 Å². The van der Waals surface area contributed by atoms with Crippen molar-refractivity contribution >= 4 is 5.97 Å². The Balaban J connectivity index is 3.15. The normalized spacial score (nSPS) is 9.36. The molecule has 0 aliphatic heterocycles. The summed E-state index contributed by atoms with van der Waals surface area (Å²) in [7, 11) is 0. The molecule has 0 bridgehead atoms. The molecule has 0 rings (SSSR count). The zero-order chi connectivity index (χ0) is 8.53. The van der Waals surface area contributed by atoms with E-state index < -0.39 is 5.97 Å². The number of rotatable bonds is 5. The highest BCUT2D eigenvalue weighted by atomic mass is 16.4. The topological polar surface area (TPSA) is 49.3 Å². The summed E-state index contributed by atoms with van der Waals surface area (Å²) in [5.74, 6) is 1.54. The van der Waals surface area contributed by atoms with Gasteiger partial charge in [-0.1, -0.05) is 0 Å². The number of hydrogen-bond donors (Lipinski definition) is 2. The Hall–Kier alpha value is -1.43. The van der Waals surface area contributed by atoms with E-state index >= 15 is 0 Å². The number of unbranched alkanes of at least 4 members (excludes halogenated alkanes) is 1. The summed E-state index contributed by atoms with van der Waals surface area (Å²) in [4.78, 5) is 9.93. The van der Waals surface area contributed by atoms with Gasteiger partial charge in [-0.05, 0) is 6.42 Å². The van der Waals surface area contributed by atoms with Gasteiger partial charge in [0.1, 0.15) is 0 Å². The molecular formula is C8H11NO2. The number of terminal acetylenes is 1. The van der Waals surface area contributed by atoms with Crippen molar-refractivity contribution in [3.05, 3.63) is 12.3 Å². The van der Waals surface area contributed by atoms with Gasteiger partial charge >= 0.3 is 5.97 Å². The number of carboxylic acid groups (broad SMARTS) is 1. The number of hydrogen-bond acceptors (Lipinski definition) is 2. The summed E-state index contributed by atoms with van der Waals surface area (Å²) in [6, 6.07) is 0. The van der Waals surface area contributed by atoms with Crippen LogP contribution in [0.25, 0.3) is 0 Å². The first-order chi connectivity index (χ1) is 5.27. The highest BCUT2D eigenvalue weighted by Crippen LogP contribution is 1.82. The third kappa shape index (κ3) is 8.57. The predicted octanol–water partition coefficient (Wildman–Crippen LogP) is 0.588. The zero-order valence-electron chi connectivity index (χ0n) is 6.21. The van der Waals surface area contributed by atoms with Crippen LogP contribution in [-0.2, 0) is 4.79 Å². The molecule has 11 heavy (non-hydrogen) atoms. The van der Waals surface area contributed by atoms with E-state index in [1.165, 1.54) is 6.20 Å². The van der Waals surface area contributed by atoms with Crippen LogP contribution in [0.2, 0.25) is 0 Å². The van der Waals surface area contributed by atoms with Gasteiger partial charge < -0.3 is 10.4 Å². The lowest BCUT2D eigenvalue weighted by atomic mass is 10.3. The van der Waals surface area contributed by atoms with E-state index in [9.17, 15) is 4.79 Å². The van der Waals surface area contributed by atoms with Crippen molar-refractivity contribution in [1.29, 1.82) is 0 Å². The molecule has 0 radical (unpaired) electrons. The van der Waals surface area contributed by atoms with Crippen LogP contribution in [0.15, 0.2) is 12.3 Å². The zero-order valence-corrected chi connectivity index (χ0v) is 6.21. The Morgan fingerprint density at radius 1 is 1.73 bits per heavy atom. The maximum absolute atomic E-state index is 9.93. The van der Waals surface area contributed by atoms with E-state index in [0.29, 0.717) is 13.0 Å². The van der Waals surface area contributed by atoms with Gasteiger partial charge in [-0.25, -0.2) is 4.79 Å². The fourth-order valence-electron chi connectivity index (χ4n) is 0.506. The smallest absolute Gasteiger partial charge is 0.329 e. The van der Waals surface area contributed by atoms with Gasteiger partial charge in [-0.15, -0.1) is 12.3 Å². The van der Waals surface area contributed by atoms with E-state index in [1.54, 1.807) is 0 Å². The molecule has 0 aliphatic rings. The number of nitrogens with one attached hydrogen (secondary N) is 1. The molecule has 0 aromatic carbocycles. The first kappa shape index (κ1) is 9.57. The number of carboxylic acids is 1. The summed E-state index contributed by atoms with van der Waals surface area (Å²) in [5, 5.41) is 11.0. The van der Waals surface area contributed by atoms with Crippen LogP contribution >= 0.6 is 0 Å². The third-order valence-corrected chi connectivity index (χ3v) is 0.986. The van der Waals surface area contributed by atoms with Crippen molar-refractivity contribution in [3.8, 4) is 12.3 Å². The molecule has 0 spiro atoms. The molecule has 0 atom stereocenters. The summed E-state index contributed by atoms with van der Waals surface area (Å²) in [6.45, 7) is 0.716. The predicted molar refractivity (Wildman–Crippen MR) is 42.8 cm³/mol. The second-order valence-electron chi connectivity index (χ2n) is 1.93. The SMILES string of the molecule is C#CCCCN/C=C/C(=O)O. The number of aliphatic carboxylic acids is 1. The van der Waals surface area contributed by atoms with Gasteiger partial charge in [0.25, 0.3) is 0 Å². The Kier molecular flexibility index (Phi) is 5.82. The van der Waals surface area contributed by atoms with Gasteiger partial charge in [-0.3, -0.25) is 0 Å². The minimum atomic E-state index is -0.950. The largest absolute Gasteiger partial charge is 0.478 e. The Bertz CT molecular complexity index is 179. The average Bonchev–Trinajstić information content (AvgIpc) is 1.96. The standard InChI is InChI=1S/C8H11NO2/c1-2-3-4-6-9-7-5-8(10)11/h1,5,7,9H,3-4,6H2,(H,10,11)/b7-5+. The second-order valence-corrected chi connectivity index (χ2v) is 1.93. The minimum absolute atomic E-state index is 0.716. The first-order valence-corrected chi connectivity index (χ1v) is 3.33.